The lowest BCUT2D eigenvalue weighted by Gasteiger charge is -2.07. The van der Waals surface area contributed by atoms with Crippen LogP contribution in [0.5, 0.6) is 0 Å². The summed E-state index contributed by atoms with van der Waals surface area (Å²) in [4.78, 5) is 16.3. The quantitative estimate of drug-likeness (QED) is 0.498. The molecule has 1 amide bonds. The molecule has 0 bridgehead atoms. The number of hydrogen-bond donors (Lipinski definition) is 4. The predicted molar refractivity (Wildman–Crippen MR) is 76.9 cm³/mol. The highest BCUT2D eigenvalue weighted by Gasteiger charge is 2.13. The van der Waals surface area contributed by atoms with Crippen molar-refractivity contribution in [1.29, 1.82) is 5.41 Å². The number of carbonyl (C=O) groups excluding carboxylic acids is 1. The molecule has 1 heterocycles. The molecule has 0 unspecified atom stereocenters. The van der Waals surface area contributed by atoms with E-state index in [4.69, 9.17) is 22.7 Å². The molecule has 2 aromatic rings. The molecule has 0 aliphatic rings. The number of benzene rings is 1. The number of amides is 1. The molecule has 1 aromatic heterocycles. The highest BCUT2D eigenvalue weighted by atomic mass is 35.5. The standard InChI is InChI=1S/C12H14ClN5O/c1-18(2)11(19)9-4-6-3-7(16-12(14)15)5-8(13)10(6)17-9/h3-5,17H,1-2H3,(H4,14,15,16). The first-order valence-corrected chi connectivity index (χ1v) is 5.91. The van der Waals surface area contributed by atoms with Crippen molar-refractivity contribution in [3.8, 4) is 0 Å². The number of H-pyrrole nitrogens is 1. The van der Waals surface area contributed by atoms with Crippen LogP contribution < -0.4 is 11.1 Å². The Morgan fingerprint density at radius 2 is 2.11 bits per heavy atom. The van der Waals surface area contributed by atoms with Gasteiger partial charge in [-0.2, -0.15) is 0 Å². The minimum atomic E-state index is -0.171. The lowest BCUT2D eigenvalue weighted by Crippen LogP contribution is -2.21. The molecule has 0 atom stereocenters. The number of aromatic amines is 1. The lowest BCUT2D eigenvalue weighted by molar-refractivity contribution is 0.0823. The second kappa shape index (κ2) is 4.81. The number of nitrogens with two attached hydrogens (primary N) is 1. The number of halogens is 1. The molecule has 0 fully saturated rings. The van der Waals surface area contributed by atoms with Crippen LogP contribution in [0.4, 0.5) is 5.69 Å². The second-order valence-electron chi connectivity index (χ2n) is 4.34. The van der Waals surface area contributed by atoms with E-state index in [9.17, 15) is 4.79 Å². The summed E-state index contributed by atoms with van der Waals surface area (Å²) in [5, 5.41) is 11.1. The number of fused-ring (bicyclic) bond motifs is 1. The van der Waals surface area contributed by atoms with E-state index in [0.29, 0.717) is 21.9 Å². The summed E-state index contributed by atoms with van der Waals surface area (Å²) in [5.41, 5.74) is 7.02. The van der Waals surface area contributed by atoms with Gasteiger partial charge in [0, 0.05) is 25.2 Å². The summed E-state index contributed by atoms with van der Waals surface area (Å²) in [7, 11) is 3.36. The molecule has 100 valence electrons. The predicted octanol–water partition coefficient (Wildman–Crippen LogP) is 1.83. The van der Waals surface area contributed by atoms with Crippen molar-refractivity contribution in [2.75, 3.05) is 19.4 Å². The van der Waals surface area contributed by atoms with E-state index in [1.54, 1.807) is 32.3 Å². The van der Waals surface area contributed by atoms with Crippen LogP contribution in [0.3, 0.4) is 0 Å². The van der Waals surface area contributed by atoms with Crippen LogP contribution in [0.15, 0.2) is 18.2 Å². The molecular weight excluding hydrogens is 266 g/mol. The maximum Gasteiger partial charge on any atom is 0.269 e. The van der Waals surface area contributed by atoms with Gasteiger partial charge in [0.05, 0.1) is 10.5 Å². The number of rotatable bonds is 2. The Labute approximate surface area is 115 Å². The van der Waals surface area contributed by atoms with Gasteiger partial charge in [-0.05, 0) is 18.2 Å². The van der Waals surface area contributed by atoms with Crippen LogP contribution in [0.1, 0.15) is 10.5 Å². The van der Waals surface area contributed by atoms with Gasteiger partial charge in [0.2, 0.25) is 0 Å². The zero-order valence-electron chi connectivity index (χ0n) is 10.5. The molecular formula is C12H14ClN5O. The molecule has 0 spiro atoms. The van der Waals surface area contributed by atoms with Gasteiger partial charge in [0.1, 0.15) is 5.69 Å². The minimum Gasteiger partial charge on any atom is -0.370 e. The van der Waals surface area contributed by atoms with Gasteiger partial charge in [-0.25, -0.2) is 0 Å². The molecule has 0 radical (unpaired) electrons. The van der Waals surface area contributed by atoms with Crippen LogP contribution in [0.25, 0.3) is 10.9 Å². The summed E-state index contributed by atoms with van der Waals surface area (Å²) in [5.74, 6) is -0.302. The number of hydrogen-bond acceptors (Lipinski definition) is 2. The van der Waals surface area contributed by atoms with E-state index >= 15 is 0 Å². The molecule has 0 saturated heterocycles. The van der Waals surface area contributed by atoms with Crippen LogP contribution in [-0.4, -0.2) is 35.8 Å². The SMILES string of the molecule is CN(C)C(=O)c1cc2cc(NC(=N)N)cc(Cl)c2[nH]1. The van der Waals surface area contributed by atoms with Crippen molar-refractivity contribution in [3.05, 3.63) is 28.9 Å². The van der Waals surface area contributed by atoms with Gasteiger partial charge < -0.3 is 20.9 Å². The molecule has 0 aliphatic carbocycles. The van der Waals surface area contributed by atoms with Gasteiger partial charge in [-0.1, -0.05) is 11.6 Å². The van der Waals surface area contributed by atoms with Crippen molar-refractivity contribution >= 4 is 40.1 Å². The first kappa shape index (κ1) is 13.2. The van der Waals surface area contributed by atoms with Crippen LogP contribution in [0.2, 0.25) is 5.02 Å². The third-order valence-electron chi connectivity index (χ3n) is 2.60. The van der Waals surface area contributed by atoms with E-state index in [-0.39, 0.29) is 11.9 Å². The average molecular weight is 280 g/mol. The Morgan fingerprint density at radius 1 is 1.42 bits per heavy atom. The third kappa shape index (κ3) is 2.63. The van der Waals surface area contributed by atoms with E-state index in [2.05, 4.69) is 10.3 Å². The Balaban J connectivity index is 2.50. The van der Waals surface area contributed by atoms with Crippen molar-refractivity contribution in [2.24, 2.45) is 5.73 Å². The van der Waals surface area contributed by atoms with E-state index in [0.717, 1.165) is 5.39 Å². The average Bonchev–Trinajstić information content (AvgIpc) is 2.71. The molecule has 19 heavy (non-hydrogen) atoms. The molecule has 5 N–H and O–H groups in total. The van der Waals surface area contributed by atoms with Crippen molar-refractivity contribution in [3.63, 3.8) is 0 Å². The van der Waals surface area contributed by atoms with Gasteiger partial charge in [0.15, 0.2) is 5.96 Å². The monoisotopic (exact) mass is 279 g/mol. The zero-order valence-corrected chi connectivity index (χ0v) is 11.3. The van der Waals surface area contributed by atoms with Crippen LogP contribution in [0, 0.1) is 5.41 Å². The largest absolute Gasteiger partial charge is 0.370 e. The number of guanidine groups is 1. The Kier molecular flexibility index (Phi) is 3.35. The smallest absolute Gasteiger partial charge is 0.269 e. The van der Waals surface area contributed by atoms with E-state index in [1.807, 2.05) is 0 Å². The fourth-order valence-electron chi connectivity index (χ4n) is 1.78. The summed E-state index contributed by atoms with van der Waals surface area (Å²) in [6, 6.07) is 5.13. The van der Waals surface area contributed by atoms with Crippen LogP contribution in [-0.2, 0) is 0 Å². The zero-order chi connectivity index (χ0) is 14.2. The Hall–Kier alpha value is -2.21. The summed E-state index contributed by atoms with van der Waals surface area (Å²) in [6.07, 6.45) is 0. The maximum atomic E-state index is 11.9. The van der Waals surface area contributed by atoms with Crippen LogP contribution >= 0.6 is 11.6 Å². The van der Waals surface area contributed by atoms with E-state index in [1.165, 1.54) is 4.90 Å². The lowest BCUT2D eigenvalue weighted by atomic mass is 10.2. The minimum absolute atomic E-state index is 0.131. The number of anilines is 1. The van der Waals surface area contributed by atoms with E-state index < -0.39 is 0 Å². The third-order valence-corrected chi connectivity index (χ3v) is 2.89. The Bertz CT molecular complexity index is 661. The summed E-state index contributed by atoms with van der Waals surface area (Å²) >= 11 is 6.14. The summed E-state index contributed by atoms with van der Waals surface area (Å²) < 4.78 is 0. The Morgan fingerprint density at radius 3 is 2.68 bits per heavy atom. The maximum absolute atomic E-state index is 11.9. The van der Waals surface area contributed by atoms with Gasteiger partial charge in [0.25, 0.3) is 5.91 Å². The molecule has 7 heteroatoms. The number of nitrogens with zero attached hydrogens (tertiary/aromatic N) is 1. The molecule has 0 saturated carbocycles. The van der Waals surface area contributed by atoms with Crippen molar-refractivity contribution in [2.45, 2.75) is 0 Å². The fourth-order valence-corrected chi connectivity index (χ4v) is 2.06. The first-order chi connectivity index (χ1) is 8.88. The second-order valence-corrected chi connectivity index (χ2v) is 4.75. The van der Waals surface area contributed by atoms with Gasteiger partial charge in [-0.3, -0.25) is 10.2 Å². The summed E-state index contributed by atoms with van der Waals surface area (Å²) in [6.45, 7) is 0. The highest BCUT2D eigenvalue weighted by molar-refractivity contribution is 6.35. The fraction of sp³-hybridized carbons (Fsp3) is 0.167. The highest BCUT2D eigenvalue weighted by Crippen LogP contribution is 2.28. The molecule has 6 nitrogen and oxygen atoms in total. The molecule has 0 aliphatic heterocycles. The van der Waals surface area contributed by atoms with Gasteiger partial charge in [-0.15, -0.1) is 0 Å². The number of nitrogens with one attached hydrogen (secondary N) is 3. The molecule has 2 rings (SSSR count). The number of carbonyl (C=O) groups is 1. The normalized spacial score (nSPS) is 10.5. The number of aromatic nitrogens is 1. The molecule has 1 aromatic carbocycles. The van der Waals surface area contributed by atoms with Gasteiger partial charge >= 0.3 is 0 Å². The first-order valence-electron chi connectivity index (χ1n) is 5.53. The van der Waals surface area contributed by atoms with Crippen molar-refractivity contribution in [1.82, 2.24) is 9.88 Å². The topological polar surface area (TPSA) is 98.0 Å². The van der Waals surface area contributed by atoms with Crippen molar-refractivity contribution < 1.29 is 4.79 Å².